The molecule has 0 bridgehead atoms. The van der Waals surface area contributed by atoms with E-state index in [0.29, 0.717) is 5.13 Å². The number of nitrogens with one attached hydrogen (secondary N) is 1. The average molecular weight is 259 g/mol. The van der Waals surface area contributed by atoms with E-state index in [0.717, 1.165) is 29.1 Å². The van der Waals surface area contributed by atoms with Crippen molar-refractivity contribution in [2.24, 2.45) is 0 Å². The van der Waals surface area contributed by atoms with Crippen molar-refractivity contribution in [1.29, 1.82) is 0 Å². The average Bonchev–Trinajstić information content (AvgIpc) is 2.96. The van der Waals surface area contributed by atoms with Crippen molar-refractivity contribution in [2.75, 3.05) is 5.73 Å². The van der Waals surface area contributed by atoms with Crippen LogP contribution in [0.5, 0.6) is 0 Å². The standard InChI is InChI=1S/C13H13N3OS/c14-13-16-11-4-3-9(6-12(11)18-13)7-15-8-10-2-1-5-17-10/h1-6,15H,7-8H2,(H2,14,16). The number of anilines is 1. The summed E-state index contributed by atoms with van der Waals surface area (Å²) in [4.78, 5) is 4.24. The highest BCUT2D eigenvalue weighted by Crippen LogP contribution is 2.24. The van der Waals surface area contributed by atoms with Crippen molar-refractivity contribution < 1.29 is 4.42 Å². The third kappa shape index (κ3) is 2.37. The maximum atomic E-state index is 5.68. The molecular weight excluding hydrogens is 246 g/mol. The molecule has 5 heteroatoms. The van der Waals surface area contributed by atoms with E-state index in [2.05, 4.69) is 22.4 Å². The van der Waals surface area contributed by atoms with Crippen LogP contribution in [0.1, 0.15) is 11.3 Å². The fourth-order valence-electron chi connectivity index (χ4n) is 1.84. The molecule has 3 aromatic rings. The van der Waals surface area contributed by atoms with Gasteiger partial charge in [-0.2, -0.15) is 0 Å². The maximum Gasteiger partial charge on any atom is 0.181 e. The van der Waals surface area contributed by atoms with E-state index in [1.54, 1.807) is 6.26 Å². The summed E-state index contributed by atoms with van der Waals surface area (Å²) in [5, 5.41) is 3.95. The van der Waals surface area contributed by atoms with Crippen LogP contribution < -0.4 is 11.1 Å². The van der Waals surface area contributed by atoms with Crippen LogP contribution in [-0.4, -0.2) is 4.98 Å². The molecular formula is C13H13N3OS. The molecule has 2 heterocycles. The zero-order chi connectivity index (χ0) is 12.4. The van der Waals surface area contributed by atoms with Gasteiger partial charge in [-0.25, -0.2) is 4.98 Å². The molecule has 1 aromatic carbocycles. The van der Waals surface area contributed by atoms with Crippen molar-refractivity contribution in [2.45, 2.75) is 13.1 Å². The molecule has 0 aliphatic carbocycles. The number of nitrogens with zero attached hydrogens (tertiary/aromatic N) is 1. The largest absolute Gasteiger partial charge is 0.468 e. The summed E-state index contributed by atoms with van der Waals surface area (Å²) in [6, 6.07) is 10.0. The zero-order valence-corrected chi connectivity index (χ0v) is 10.5. The number of furan rings is 1. The van der Waals surface area contributed by atoms with Crippen molar-refractivity contribution in [1.82, 2.24) is 10.3 Å². The van der Waals surface area contributed by atoms with E-state index < -0.39 is 0 Å². The molecule has 0 aliphatic rings. The number of thiazole rings is 1. The topological polar surface area (TPSA) is 64.1 Å². The van der Waals surface area contributed by atoms with Crippen molar-refractivity contribution in [3.63, 3.8) is 0 Å². The Kier molecular flexibility index (Phi) is 3.00. The highest BCUT2D eigenvalue weighted by Gasteiger charge is 2.02. The van der Waals surface area contributed by atoms with Crippen LogP contribution in [0.4, 0.5) is 5.13 Å². The van der Waals surface area contributed by atoms with Gasteiger partial charge in [0.15, 0.2) is 5.13 Å². The van der Waals surface area contributed by atoms with Crippen LogP contribution >= 0.6 is 11.3 Å². The summed E-state index contributed by atoms with van der Waals surface area (Å²) >= 11 is 1.52. The van der Waals surface area contributed by atoms with Gasteiger partial charge in [0.25, 0.3) is 0 Å². The Balaban J connectivity index is 1.67. The molecule has 0 radical (unpaired) electrons. The molecule has 0 spiro atoms. The predicted molar refractivity (Wildman–Crippen MR) is 73.3 cm³/mol. The number of nitrogen functional groups attached to an aromatic ring is 1. The molecule has 0 amide bonds. The fraction of sp³-hybridized carbons (Fsp3) is 0.154. The first kappa shape index (κ1) is 11.3. The zero-order valence-electron chi connectivity index (χ0n) is 9.72. The van der Waals surface area contributed by atoms with Crippen LogP contribution in [0.25, 0.3) is 10.2 Å². The monoisotopic (exact) mass is 259 g/mol. The lowest BCUT2D eigenvalue weighted by Gasteiger charge is -2.02. The smallest absolute Gasteiger partial charge is 0.181 e. The second-order valence-electron chi connectivity index (χ2n) is 4.04. The quantitative estimate of drug-likeness (QED) is 0.756. The van der Waals surface area contributed by atoms with Gasteiger partial charge in [0.05, 0.1) is 23.0 Å². The highest BCUT2D eigenvalue weighted by atomic mass is 32.1. The fourth-order valence-corrected chi connectivity index (χ4v) is 2.64. The van der Waals surface area contributed by atoms with Crippen LogP contribution in [-0.2, 0) is 13.1 Å². The molecule has 0 saturated heterocycles. The van der Waals surface area contributed by atoms with Gasteiger partial charge in [0.2, 0.25) is 0 Å². The molecule has 3 rings (SSSR count). The number of benzene rings is 1. The molecule has 0 aliphatic heterocycles. The highest BCUT2D eigenvalue weighted by molar-refractivity contribution is 7.22. The van der Waals surface area contributed by atoms with Crippen molar-refractivity contribution >= 4 is 26.7 Å². The molecule has 0 unspecified atom stereocenters. The lowest BCUT2D eigenvalue weighted by Crippen LogP contribution is -2.11. The van der Waals surface area contributed by atoms with Gasteiger partial charge in [-0.15, -0.1) is 0 Å². The summed E-state index contributed by atoms with van der Waals surface area (Å²) in [7, 11) is 0. The van der Waals surface area contributed by atoms with Gasteiger partial charge in [0, 0.05) is 6.54 Å². The minimum atomic E-state index is 0.616. The van der Waals surface area contributed by atoms with Crippen LogP contribution in [0, 0.1) is 0 Å². The molecule has 92 valence electrons. The summed E-state index contributed by atoms with van der Waals surface area (Å²) in [6.07, 6.45) is 1.68. The van der Waals surface area contributed by atoms with Gasteiger partial charge < -0.3 is 15.5 Å². The molecule has 0 saturated carbocycles. The van der Waals surface area contributed by atoms with Crippen molar-refractivity contribution in [3.05, 3.63) is 47.9 Å². The summed E-state index contributed by atoms with van der Waals surface area (Å²) < 4.78 is 6.39. The normalized spacial score (nSPS) is 11.1. The maximum absolute atomic E-state index is 5.68. The van der Waals surface area contributed by atoms with E-state index in [1.807, 2.05) is 18.2 Å². The Labute approximate surface area is 108 Å². The van der Waals surface area contributed by atoms with Gasteiger partial charge in [-0.3, -0.25) is 0 Å². The minimum absolute atomic E-state index is 0.616. The predicted octanol–water partition coefficient (Wildman–Crippen LogP) is 2.76. The minimum Gasteiger partial charge on any atom is -0.468 e. The van der Waals surface area contributed by atoms with Gasteiger partial charge in [-0.05, 0) is 29.8 Å². The lowest BCUT2D eigenvalue weighted by molar-refractivity contribution is 0.483. The third-order valence-electron chi connectivity index (χ3n) is 2.68. The molecule has 18 heavy (non-hydrogen) atoms. The molecule has 3 N–H and O–H groups in total. The second kappa shape index (κ2) is 4.80. The van der Waals surface area contributed by atoms with E-state index in [9.17, 15) is 0 Å². The number of aromatic nitrogens is 1. The Bertz CT molecular complexity index is 645. The first-order valence-corrected chi connectivity index (χ1v) is 6.51. The van der Waals surface area contributed by atoms with Gasteiger partial charge >= 0.3 is 0 Å². The Morgan fingerprint density at radius 2 is 2.22 bits per heavy atom. The van der Waals surface area contributed by atoms with Gasteiger partial charge in [-0.1, -0.05) is 17.4 Å². The van der Waals surface area contributed by atoms with E-state index >= 15 is 0 Å². The molecule has 4 nitrogen and oxygen atoms in total. The Hall–Kier alpha value is -1.85. The third-order valence-corrected chi connectivity index (χ3v) is 3.53. The number of fused-ring (bicyclic) bond motifs is 1. The Morgan fingerprint density at radius 1 is 1.28 bits per heavy atom. The van der Waals surface area contributed by atoms with E-state index in [1.165, 1.54) is 16.9 Å². The summed E-state index contributed by atoms with van der Waals surface area (Å²) in [6.45, 7) is 1.53. The molecule has 2 aromatic heterocycles. The van der Waals surface area contributed by atoms with E-state index in [-0.39, 0.29) is 0 Å². The summed E-state index contributed by atoms with van der Waals surface area (Å²) in [5.41, 5.74) is 7.87. The number of hydrogen-bond acceptors (Lipinski definition) is 5. The first-order valence-electron chi connectivity index (χ1n) is 5.69. The van der Waals surface area contributed by atoms with Crippen LogP contribution in [0.15, 0.2) is 41.0 Å². The Morgan fingerprint density at radius 3 is 3.06 bits per heavy atom. The van der Waals surface area contributed by atoms with Gasteiger partial charge in [0.1, 0.15) is 5.76 Å². The van der Waals surface area contributed by atoms with Crippen LogP contribution in [0.3, 0.4) is 0 Å². The lowest BCUT2D eigenvalue weighted by atomic mass is 10.2. The molecule has 0 atom stereocenters. The second-order valence-corrected chi connectivity index (χ2v) is 5.10. The molecule has 0 fully saturated rings. The number of hydrogen-bond donors (Lipinski definition) is 2. The summed E-state index contributed by atoms with van der Waals surface area (Å²) in [5.74, 6) is 0.943. The van der Waals surface area contributed by atoms with Crippen molar-refractivity contribution in [3.8, 4) is 0 Å². The van der Waals surface area contributed by atoms with E-state index in [4.69, 9.17) is 10.2 Å². The van der Waals surface area contributed by atoms with Crippen LogP contribution in [0.2, 0.25) is 0 Å². The number of nitrogens with two attached hydrogens (primary N) is 1. The SMILES string of the molecule is Nc1nc2ccc(CNCc3ccco3)cc2s1. The number of rotatable bonds is 4. The first-order chi connectivity index (χ1) is 8.81.